The van der Waals surface area contributed by atoms with Gasteiger partial charge in [-0.3, -0.25) is 0 Å². The van der Waals surface area contributed by atoms with Crippen molar-refractivity contribution in [2.24, 2.45) is 0 Å². The van der Waals surface area contributed by atoms with Crippen LogP contribution in [0.4, 0.5) is 5.82 Å². The molecule has 6 heteroatoms. The number of nitrogen functional groups attached to an aromatic ring is 1. The highest BCUT2D eigenvalue weighted by atomic mass is 15.1. The first-order valence-electron chi connectivity index (χ1n) is 5.82. The van der Waals surface area contributed by atoms with E-state index in [0.29, 0.717) is 12.4 Å². The monoisotopic (exact) mass is 252 g/mol. The van der Waals surface area contributed by atoms with Crippen molar-refractivity contribution in [3.63, 3.8) is 0 Å². The molecule has 0 saturated carbocycles. The molecule has 6 nitrogen and oxygen atoms in total. The zero-order chi connectivity index (χ0) is 13.1. The topological polar surface area (TPSA) is 82.5 Å². The zero-order valence-corrected chi connectivity index (χ0v) is 10.1. The van der Waals surface area contributed by atoms with Crippen molar-refractivity contribution >= 4 is 5.82 Å². The lowest BCUT2D eigenvalue weighted by atomic mass is 10.2. The molecule has 3 heterocycles. The van der Waals surface area contributed by atoms with Gasteiger partial charge in [0.25, 0.3) is 0 Å². The number of hydrogen-bond acceptors (Lipinski definition) is 5. The molecule has 3 aromatic rings. The Balaban J connectivity index is 1.98. The minimum atomic E-state index is 0.489. The summed E-state index contributed by atoms with van der Waals surface area (Å²) >= 11 is 0. The second-order valence-corrected chi connectivity index (χ2v) is 4.06. The first-order chi connectivity index (χ1) is 9.34. The third kappa shape index (κ3) is 2.28. The number of nitrogens with two attached hydrogens (primary N) is 1. The Morgan fingerprint density at radius 3 is 2.84 bits per heavy atom. The largest absolute Gasteiger partial charge is 0.383 e. The number of rotatable bonds is 3. The Kier molecular flexibility index (Phi) is 2.89. The standard InChI is InChI=1S/C13H12N6/c14-13-11(4-2-5-16-13)12-7-15-9-19(12)8-10-3-1-6-17-18-10/h1-7,9H,8H2,(H2,14,16). The molecule has 0 amide bonds. The molecule has 0 aliphatic carbocycles. The van der Waals surface area contributed by atoms with Crippen LogP contribution in [0.3, 0.4) is 0 Å². The molecular weight excluding hydrogens is 240 g/mol. The predicted molar refractivity (Wildman–Crippen MR) is 71.0 cm³/mol. The van der Waals surface area contributed by atoms with E-state index in [9.17, 15) is 0 Å². The Morgan fingerprint density at radius 2 is 2.05 bits per heavy atom. The van der Waals surface area contributed by atoms with Gasteiger partial charge >= 0.3 is 0 Å². The van der Waals surface area contributed by atoms with Gasteiger partial charge in [0.2, 0.25) is 0 Å². The number of hydrogen-bond donors (Lipinski definition) is 1. The first kappa shape index (κ1) is 11.3. The summed E-state index contributed by atoms with van der Waals surface area (Å²) in [6.45, 7) is 0.595. The van der Waals surface area contributed by atoms with Crippen LogP contribution in [-0.2, 0) is 6.54 Å². The zero-order valence-electron chi connectivity index (χ0n) is 10.1. The summed E-state index contributed by atoms with van der Waals surface area (Å²) in [4.78, 5) is 8.26. The molecule has 19 heavy (non-hydrogen) atoms. The fourth-order valence-corrected chi connectivity index (χ4v) is 1.90. The molecule has 0 aliphatic heterocycles. The van der Waals surface area contributed by atoms with E-state index in [-0.39, 0.29) is 0 Å². The maximum Gasteiger partial charge on any atom is 0.132 e. The highest BCUT2D eigenvalue weighted by Gasteiger charge is 2.09. The summed E-state index contributed by atoms with van der Waals surface area (Å²) < 4.78 is 1.97. The van der Waals surface area contributed by atoms with E-state index in [1.807, 2.05) is 28.8 Å². The first-order valence-corrected chi connectivity index (χ1v) is 5.82. The summed E-state index contributed by atoms with van der Waals surface area (Å²) in [5.74, 6) is 0.489. The van der Waals surface area contributed by atoms with E-state index in [1.165, 1.54) is 0 Å². The van der Waals surface area contributed by atoms with Gasteiger partial charge in [-0.15, -0.1) is 0 Å². The van der Waals surface area contributed by atoms with Crippen LogP contribution in [0.5, 0.6) is 0 Å². The number of imidazole rings is 1. The van der Waals surface area contributed by atoms with Crippen molar-refractivity contribution in [2.75, 3.05) is 5.73 Å². The van der Waals surface area contributed by atoms with Gasteiger partial charge in [0.1, 0.15) is 5.82 Å². The highest BCUT2D eigenvalue weighted by Crippen LogP contribution is 2.23. The molecule has 0 aromatic carbocycles. The van der Waals surface area contributed by atoms with Crippen LogP contribution < -0.4 is 5.73 Å². The van der Waals surface area contributed by atoms with Crippen LogP contribution in [0, 0.1) is 0 Å². The van der Waals surface area contributed by atoms with Gasteiger partial charge in [0.15, 0.2) is 0 Å². The van der Waals surface area contributed by atoms with Crippen molar-refractivity contribution in [3.05, 3.63) is 54.9 Å². The van der Waals surface area contributed by atoms with E-state index < -0.39 is 0 Å². The summed E-state index contributed by atoms with van der Waals surface area (Å²) in [5.41, 5.74) is 8.54. The molecule has 94 valence electrons. The van der Waals surface area contributed by atoms with Crippen LogP contribution in [0.2, 0.25) is 0 Å². The van der Waals surface area contributed by atoms with Crippen LogP contribution >= 0.6 is 0 Å². The maximum atomic E-state index is 5.89. The van der Waals surface area contributed by atoms with Gasteiger partial charge < -0.3 is 10.3 Å². The Labute approximate surface area is 110 Å². The quantitative estimate of drug-likeness (QED) is 0.761. The lowest BCUT2D eigenvalue weighted by Crippen LogP contribution is -2.04. The summed E-state index contributed by atoms with van der Waals surface area (Å²) in [5, 5.41) is 7.93. The fourth-order valence-electron chi connectivity index (χ4n) is 1.90. The third-order valence-electron chi connectivity index (χ3n) is 2.79. The molecule has 2 N–H and O–H groups in total. The minimum Gasteiger partial charge on any atom is -0.383 e. The normalized spacial score (nSPS) is 10.5. The summed E-state index contributed by atoms with van der Waals surface area (Å²) in [6, 6.07) is 7.55. The summed E-state index contributed by atoms with van der Waals surface area (Å²) in [6.07, 6.45) is 6.83. The van der Waals surface area contributed by atoms with Crippen LogP contribution in [0.25, 0.3) is 11.3 Å². The molecule has 0 spiro atoms. The number of anilines is 1. The Hall–Kier alpha value is -2.76. The molecule has 0 radical (unpaired) electrons. The molecular formula is C13H12N6. The lowest BCUT2D eigenvalue weighted by molar-refractivity contribution is 0.758. The van der Waals surface area contributed by atoms with E-state index in [2.05, 4.69) is 20.2 Å². The van der Waals surface area contributed by atoms with Crippen LogP contribution in [0.15, 0.2) is 49.2 Å². The third-order valence-corrected chi connectivity index (χ3v) is 2.79. The fraction of sp³-hybridized carbons (Fsp3) is 0.0769. The Morgan fingerprint density at radius 1 is 1.16 bits per heavy atom. The highest BCUT2D eigenvalue weighted by molar-refractivity contribution is 5.70. The molecule has 0 saturated heterocycles. The number of nitrogens with zero attached hydrogens (tertiary/aromatic N) is 5. The van der Waals surface area contributed by atoms with Gasteiger partial charge in [-0.1, -0.05) is 0 Å². The second-order valence-electron chi connectivity index (χ2n) is 4.06. The van der Waals surface area contributed by atoms with E-state index in [1.54, 1.807) is 24.9 Å². The van der Waals surface area contributed by atoms with Crippen molar-refractivity contribution in [1.82, 2.24) is 24.7 Å². The van der Waals surface area contributed by atoms with Gasteiger partial charge in [-0.05, 0) is 24.3 Å². The number of aromatic nitrogens is 5. The van der Waals surface area contributed by atoms with E-state index >= 15 is 0 Å². The van der Waals surface area contributed by atoms with Crippen LogP contribution in [0.1, 0.15) is 5.69 Å². The van der Waals surface area contributed by atoms with E-state index in [4.69, 9.17) is 5.73 Å². The molecule has 0 atom stereocenters. The van der Waals surface area contributed by atoms with Gasteiger partial charge in [0, 0.05) is 18.0 Å². The Bertz CT molecular complexity index is 676. The van der Waals surface area contributed by atoms with Gasteiger partial charge in [-0.25, -0.2) is 9.97 Å². The average molecular weight is 252 g/mol. The molecule has 0 aliphatic rings. The van der Waals surface area contributed by atoms with Crippen molar-refractivity contribution < 1.29 is 0 Å². The smallest absolute Gasteiger partial charge is 0.132 e. The molecule has 0 fully saturated rings. The molecule has 3 aromatic heterocycles. The number of pyridine rings is 1. The molecule has 0 bridgehead atoms. The average Bonchev–Trinajstić information content (AvgIpc) is 2.88. The van der Waals surface area contributed by atoms with Crippen LogP contribution in [-0.4, -0.2) is 24.7 Å². The van der Waals surface area contributed by atoms with E-state index in [0.717, 1.165) is 17.0 Å². The van der Waals surface area contributed by atoms with Crippen molar-refractivity contribution in [2.45, 2.75) is 6.54 Å². The SMILES string of the molecule is Nc1ncccc1-c1cncn1Cc1cccnn1. The molecule has 0 unspecified atom stereocenters. The minimum absolute atomic E-state index is 0.489. The lowest BCUT2D eigenvalue weighted by Gasteiger charge is -2.08. The molecule has 3 rings (SSSR count). The second kappa shape index (κ2) is 4.85. The maximum absolute atomic E-state index is 5.89. The summed E-state index contributed by atoms with van der Waals surface area (Å²) in [7, 11) is 0. The van der Waals surface area contributed by atoms with Gasteiger partial charge in [-0.2, -0.15) is 10.2 Å². The van der Waals surface area contributed by atoms with Crippen molar-refractivity contribution in [1.29, 1.82) is 0 Å². The van der Waals surface area contributed by atoms with Crippen molar-refractivity contribution in [3.8, 4) is 11.3 Å². The predicted octanol–water partition coefficient (Wildman–Crippen LogP) is 1.37. The van der Waals surface area contributed by atoms with Gasteiger partial charge in [0.05, 0.1) is 30.5 Å².